The number of para-hydroxylation sites is 1. The molecule has 0 radical (unpaired) electrons. The number of carbonyl (C=O) groups excluding carboxylic acids is 1. The molecule has 1 N–H and O–H groups in total. The van der Waals surface area contributed by atoms with Gasteiger partial charge in [0, 0.05) is 35.2 Å². The molecule has 3 aromatic heterocycles. The van der Waals surface area contributed by atoms with Crippen LogP contribution in [0.3, 0.4) is 0 Å². The van der Waals surface area contributed by atoms with Crippen LogP contribution in [-0.2, 0) is 0 Å². The Kier molecular flexibility index (Phi) is 3.91. The lowest BCUT2D eigenvalue weighted by molar-refractivity contribution is 0.102. The second kappa shape index (κ2) is 6.72. The highest BCUT2D eigenvalue weighted by Gasteiger charge is 2.14. The van der Waals surface area contributed by atoms with Gasteiger partial charge < -0.3 is 9.73 Å². The molecule has 2 aromatic carbocycles. The Hall–Kier alpha value is -4.26. The van der Waals surface area contributed by atoms with Crippen molar-refractivity contribution in [3.63, 3.8) is 0 Å². The standard InChI is InChI=1S/C22H14N4O3/c27-20(17-12-15-5-1-2-8-19(15)29-21(17)28)24-16-7-3-6-14(11-16)18-13-26-10-4-9-23-22(26)25-18/h1-13H,(H,24,27). The number of nitrogens with one attached hydrogen (secondary N) is 1. The van der Waals surface area contributed by atoms with E-state index in [1.807, 2.05) is 41.1 Å². The van der Waals surface area contributed by atoms with E-state index in [0.29, 0.717) is 22.4 Å². The van der Waals surface area contributed by atoms with Crippen molar-refractivity contribution < 1.29 is 9.21 Å². The summed E-state index contributed by atoms with van der Waals surface area (Å²) in [4.78, 5) is 33.6. The van der Waals surface area contributed by atoms with Crippen LogP contribution in [0.25, 0.3) is 28.0 Å². The van der Waals surface area contributed by atoms with Crippen LogP contribution in [-0.4, -0.2) is 20.3 Å². The van der Waals surface area contributed by atoms with Gasteiger partial charge in [-0.2, -0.15) is 0 Å². The van der Waals surface area contributed by atoms with Gasteiger partial charge in [0.1, 0.15) is 11.1 Å². The first-order valence-electron chi connectivity index (χ1n) is 8.92. The van der Waals surface area contributed by atoms with Crippen LogP contribution in [0.1, 0.15) is 10.4 Å². The summed E-state index contributed by atoms with van der Waals surface area (Å²) in [7, 11) is 0. The molecule has 0 unspecified atom stereocenters. The summed E-state index contributed by atoms with van der Waals surface area (Å²) in [5, 5.41) is 3.44. The van der Waals surface area contributed by atoms with Gasteiger partial charge in [-0.1, -0.05) is 30.3 Å². The molecule has 0 saturated carbocycles. The molecule has 0 aliphatic heterocycles. The number of nitrogens with zero attached hydrogens (tertiary/aromatic N) is 3. The van der Waals surface area contributed by atoms with Crippen molar-refractivity contribution >= 4 is 28.3 Å². The van der Waals surface area contributed by atoms with Crippen molar-refractivity contribution in [2.24, 2.45) is 0 Å². The van der Waals surface area contributed by atoms with Gasteiger partial charge in [0.05, 0.1) is 5.69 Å². The van der Waals surface area contributed by atoms with Crippen molar-refractivity contribution in [2.75, 3.05) is 5.32 Å². The Morgan fingerprint density at radius 1 is 1.03 bits per heavy atom. The Morgan fingerprint density at radius 3 is 2.83 bits per heavy atom. The molecule has 1 amide bonds. The van der Waals surface area contributed by atoms with E-state index in [9.17, 15) is 9.59 Å². The van der Waals surface area contributed by atoms with E-state index in [4.69, 9.17) is 4.42 Å². The average molecular weight is 382 g/mol. The summed E-state index contributed by atoms with van der Waals surface area (Å²) in [5.41, 5.74) is 1.81. The number of amides is 1. The number of rotatable bonds is 3. The van der Waals surface area contributed by atoms with Gasteiger partial charge in [0.15, 0.2) is 0 Å². The summed E-state index contributed by atoms with van der Waals surface area (Å²) in [6, 6.07) is 17.7. The quantitative estimate of drug-likeness (QED) is 0.480. The van der Waals surface area contributed by atoms with Gasteiger partial charge in [-0.3, -0.25) is 9.20 Å². The molecule has 0 aliphatic rings. The molecule has 7 nitrogen and oxygen atoms in total. The molecule has 0 fully saturated rings. The summed E-state index contributed by atoms with van der Waals surface area (Å²) in [6.45, 7) is 0. The van der Waals surface area contributed by atoms with Gasteiger partial charge >= 0.3 is 5.63 Å². The first-order chi connectivity index (χ1) is 14.2. The van der Waals surface area contributed by atoms with E-state index >= 15 is 0 Å². The van der Waals surface area contributed by atoms with Gasteiger partial charge in [-0.15, -0.1) is 0 Å². The summed E-state index contributed by atoms with van der Waals surface area (Å²) < 4.78 is 7.06. The van der Waals surface area contributed by atoms with E-state index < -0.39 is 11.5 Å². The molecule has 29 heavy (non-hydrogen) atoms. The van der Waals surface area contributed by atoms with Gasteiger partial charge in [-0.25, -0.2) is 14.8 Å². The smallest absolute Gasteiger partial charge is 0.349 e. The number of hydrogen-bond donors (Lipinski definition) is 1. The SMILES string of the molecule is O=C(Nc1cccc(-c2cn3cccnc3n2)c1)c1cc2ccccc2oc1=O. The maximum atomic E-state index is 12.7. The molecule has 3 heterocycles. The zero-order valence-corrected chi connectivity index (χ0v) is 15.1. The first kappa shape index (κ1) is 16.9. The third-order valence-electron chi connectivity index (χ3n) is 4.54. The molecule has 5 aromatic rings. The number of aromatic nitrogens is 3. The predicted molar refractivity (Wildman–Crippen MR) is 109 cm³/mol. The highest BCUT2D eigenvalue weighted by Crippen LogP contribution is 2.22. The molecule has 0 saturated heterocycles. The van der Waals surface area contributed by atoms with Crippen molar-refractivity contribution in [3.8, 4) is 11.3 Å². The number of benzene rings is 2. The fraction of sp³-hybridized carbons (Fsp3) is 0. The topological polar surface area (TPSA) is 89.5 Å². The number of fused-ring (bicyclic) bond motifs is 2. The minimum atomic E-state index is -0.677. The van der Waals surface area contributed by atoms with E-state index in [1.54, 1.807) is 36.5 Å². The summed E-state index contributed by atoms with van der Waals surface area (Å²) in [6.07, 6.45) is 5.41. The lowest BCUT2D eigenvalue weighted by Crippen LogP contribution is -2.20. The average Bonchev–Trinajstić information content (AvgIpc) is 3.18. The molecular weight excluding hydrogens is 368 g/mol. The fourth-order valence-corrected chi connectivity index (χ4v) is 3.14. The van der Waals surface area contributed by atoms with Crippen LogP contribution in [0.15, 0.2) is 88.5 Å². The summed E-state index contributed by atoms with van der Waals surface area (Å²) >= 11 is 0. The molecule has 7 heteroatoms. The minimum absolute atomic E-state index is 0.0500. The first-order valence-corrected chi connectivity index (χ1v) is 8.92. The fourth-order valence-electron chi connectivity index (χ4n) is 3.14. The van der Waals surface area contributed by atoms with Crippen LogP contribution in [0.4, 0.5) is 5.69 Å². The predicted octanol–water partition coefficient (Wildman–Crippen LogP) is 3.76. The number of anilines is 1. The maximum Gasteiger partial charge on any atom is 0.349 e. The Labute approximate surface area is 164 Å². The Balaban J connectivity index is 1.46. The number of imidazole rings is 1. The molecule has 0 spiro atoms. The highest BCUT2D eigenvalue weighted by molar-refractivity contribution is 6.05. The summed E-state index contributed by atoms with van der Waals surface area (Å²) in [5.74, 6) is 0.0593. The van der Waals surface area contributed by atoms with Crippen molar-refractivity contribution in [1.29, 1.82) is 0 Å². The van der Waals surface area contributed by atoms with E-state index in [0.717, 1.165) is 11.3 Å². The third kappa shape index (κ3) is 3.14. The second-order valence-electron chi connectivity index (χ2n) is 6.47. The van der Waals surface area contributed by atoms with Crippen molar-refractivity contribution in [1.82, 2.24) is 14.4 Å². The van der Waals surface area contributed by atoms with E-state index in [2.05, 4.69) is 15.3 Å². The molecule has 140 valence electrons. The molecule has 0 aliphatic carbocycles. The second-order valence-corrected chi connectivity index (χ2v) is 6.47. The molecule has 5 rings (SSSR count). The zero-order valence-electron chi connectivity index (χ0n) is 15.1. The number of hydrogen-bond acceptors (Lipinski definition) is 5. The minimum Gasteiger partial charge on any atom is -0.422 e. The van der Waals surface area contributed by atoms with Crippen LogP contribution in [0.5, 0.6) is 0 Å². The van der Waals surface area contributed by atoms with E-state index in [-0.39, 0.29) is 5.56 Å². The largest absolute Gasteiger partial charge is 0.422 e. The Morgan fingerprint density at radius 2 is 1.93 bits per heavy atom. The number of carbonyl (C=O) groups is 1. The molecular formula is C22H14N4O3. The van der Waals surface area contributed by atoms with Crippen LogP contribution < -0.4 is 10.9 Å². The highest BCUT2D eigenvalue weighted by atomic mass is 16.4. The monoisotopic (exact) mass is 382 g/mol. The van der Waals surface area contributed by atoms with Crippen LogP contribution >= 0.6 is 0 Å². The third-order valence-corrected chi connectivity index (χ3v) is 4.54. The van der Waals surface area contributed by atoms with Gasteiger partial charge in [0.25, 0.3) is 5.91 Å². The Bertz CT molecular complexity index is 1400. The van der Waals surface area contributed by atoms with Crippen molar-refractivity contribution in [3.05, 3.63) is 95.2 Å². The van der Waals surface area contributed by atoms with E-state index in [1.165, 1.54) is 6.07 Å². The van der Waals surface area contributed by atoms with Crippen LogP contribution in [0.2, 0.25) is 0 Å². The normalized spacial score (nSPS) is 11.0. The lowest BCUT2D eigenvalue weighted by Gasteiger charge is -2.06. The zero-order chi connectivity index (χ0) is 19.8. The molecule has 0 atom stereocenters. The maximum absolute atomic E-state index is 12.7. The van der Waals surface area contributed by atoms with Gasteiger partial charge in [-0.05, 0) is 30.3 Å². The van der Waals surface area contributed by atoms with Gasteiger partial charge in [0.2, 0.25) is 5.78 Å². The van der Waals surface area contributed by atoms with Crippen molar-refractivity contribution in [2.45, 2.75) is 0 Å². The molecule has 0 bridgehead atoms. The lowest BCUT2D eigenvalue weighted by atomic mass is 10.1. The van der Waals surface area contributed by atoms with Crippen LogP contribution in [0, 0.1) is 0 Å².